The molecule has 1 aromatic heterocycles. The quantitative estimate of drug-likeness (QED) is 0.247. The zero-order chi connectivity index (χ0) is 33.7. The number of amides is 3. The van der Waals surface area contributed by atoms with Crippen molar-refractivity contribution in [1.29, 1.82) is 5.26 Å². The summed E-state index contributed by atoms with van der Waals surface area (Å²) in [6, 6.07) is 18.0. The molecule has 7 rings (SSSR count). The summed E-state index contributed by atoms with van der Waals surface area (Å²) in [4.78, 5) is 39.7. The molecule has 0 bridgehead atoms. The highest BCUT2D eigenvalue weighted by atomic mass is 19.1. The summed E-state index contributed by atoms with van der Waals surface area (Å²) in [5.74, 6) is -0.827. The van der Waals surface area contributed by atoms with Gasteiger partial charge in [0, 0.05) is 28.8 Å². The molecule has 1 saturated carbocycles. The highest BCUT2D eigenvalue weighted by Gasteiger charge is 2.54. The Labute approximate surface area is 276 Å². The van der Waals surface area contributed by atoms with Crippen LogP contribution in [0.4, 0.5) is 4.39 Å². The van der Waals surface area contributed by atoms with Crippen LogP contribution in [0.5, 0.6) is 0 Å². The average molecular weight is 648 g/mol. The lowest BCUT2D eigenvalue weighted by atomic mass is 9.68. The highest BCUT2D eigenvalue weighted by Crippen LogP contribution is 2.49. The number of nitrogens with two attached hydrogens (primary N) is 2. The van der Waals surface area contributed by atoms with E-state index < -0.39 is 29.1 Å². The number of likely N-dealkylation sites (tertiary alicyclic amines) is 1. The molecule has 11 nitrogen and oxygen atoms in total. The van der Waals surface area contributed by atoms with Crippen LogP contribution in [0.1, 0.15) is 75.0 Å². The number of aromatic nitrogens is 2. The number of benzene rings is 3. The SMILES string of the molecule is C[C@H](CC1(c2nnc(-c3ccc(F)cc3)o2)c2ccc(C(N)=O)cc2CCc2cc(C(N)=O)ccc21)NCC(=O)N1[C@H](C#N)C[C@@H]2C[C@@H]21. The summed E-state index contributed by atoms with van der Waals surface area (Å²) in [5, 5.41) is 22.0. The second-order valence-electron chi connectivity index (χ2n) is 13.0. The number of primary amides is 2. The monoisotopic (exact) mass is 647 g/mol. The molecule has 0 spiro atoms. The van der Waals surface area contributed by atoms with Crippen LogP contribution in [0.3, 0.4) is 0 Å². The molecule has 244 valence electrons. The maximum atomic E-state index is 13.8. The molecule has 1 aliphatic heterocycles. The van der Waals surface area contributed by atoms with Gasteiger partial charge >= 0.3 is 0 Å². The first kappa shape index (κ1) is 31.2. The van der Waals surface area contributed by atoms with E-state index >= 15 is 0 Å². The molecule has 3 aliphatic rings. The van der Waals surface area contributed by atoms with Gasteiger partial charge in [-0.3, -0.25) is 14.4 Å². The fraction of sp³-hybridized carbons (Fsp3) is 0.333. The molecule has 4 aromatic rings. The number of nitrogens with one attached hydrogen (secondary N) is 1. The Morgan fingerprint density at radius 1 is 1.00 bits per heavy atom. The fourth-order valence-corrected chi connectivity index (χ4v) is 7.61. The number of rotatable bonds is 9. The topological polar surface area (TPSA) is 181 Å². The van der Waals surface area contributed by atoms with Gasteiger partial charge < -0.3 is 26.1 Å². The maximum Gasteiger partial charge on any atom is 0.248 e. The minimum absolute atomic E-state index is 0.0320. The van der Waals surface area contributed by atoms with Crippen molar-refractivity contribution in [3.8, 4) is 17.5 Å². The van der Waals surface area contributed by atoms with E-state index in [1.807, 2.05) is 19.1 Å². The molecule has 0 radical (unpaired) electrons. The van der Waals surface area contributed by atoms with Crippen LogP contribution in [0.25, 0.3) is 11.5 Å². The first-order valence-corrected chi connectivity index (χ1v) is 16.0. The summed E-state index contributed by atoms with van der Waals surface area (Å²) in [7, 11) is 0. The van der Waals surface area contributed by atoms with Gasteiger partial charge in [0.15, 0.2) is 0 Å². The Bertz CT molecular complexity index is 1920. The predicted molar refractivity (Wildman–Crippen MR) is 172 cm³/mol. The summed E-state index contributed by atoms with van der Waals surface area (Å²) < 4.78 is 20.2. The van der Waals surface area contributed by atoms with Gasteiger partial charge in [0.25, 0.3) is 0 Å². The van der Waals surface area contributed by atoms with E-state index in [4.69, 9.17) is 15.9 Å². The number of hydrogen-bond donors (Lipinski definition) is 3. The Hall–Kier alpha value is -5.41. The smallest absolute Gasteiger partial charge is 0.248 e. The first-order valence-electron chi connectivity index (χ1n) is 16.0. The number of hydrogen-bond acceptors (Lipinski definition) is 8. The van der Waals surface area contributed by atoms with E-state index in [1.54, 1.807) is 41.3 Å². The molecule has 2 aliphatic carbocycles. The van der Waals surface area contributed by atoms with Crippen molar-refractivity contribution >= 4 is 17.7 Å². The molecule has 3 amide bonds. The number of piperidine rings is 1. The van der Waals surface area contributed by atoms with Gasteiger partial charge in [-0.05, 0) is 116 Å². The van der Waals surface area contributed by atoms with E-state index in [1.165, 1.54) is 12.1 Å². The third-order valence-electron chi connectivity index (χ3n) is 10.00. The number of nitriles is 1. The van der Waals surface area contributed by atoms with Crippen LogP contribution in [0.2, 0.25) is 0 Å². The van der Waals surface area contributed by atoms with Crippen LogP contribution in [-0.2, 0) is 23.1 Å². The number of carbonyl (C=O) groups excluding carboxylic acids is 3. The molecule has 12 heteroatoms. The second-order valence-corrected chi connectivity index (χ2v) is 13.0. The van der Waals surface area contributed by atoms with Crippen LogP contribution >= 0.6 is 0 Å². The van der Waals surface area contributed by atoms with Crippen molar-refractivity contribution in [2.24, 2.45) is 17.4 Å². The standard InChI is InChI=1S/C36H34FN7O4/c1-19(41-18-31(45)44-27(17-38)14-25-15-30(25)44)16-36(35-43-42-34(48-35)20-4-8-26(37)9-5-20)28-10-6-23(32(39)46)12-21(28)2-3-22-13-24(33(40)47)7-11-29(22)36/h4-13,19,25,27,30,41H,2-3,14-16,18H2,1H3,(H2,39,46)(H2,40,47)/t19-,25-,27+,30+/m1/s1. The van der Waals surface area contributed by atoms with Crippen LogP contribution in [0.15, 0.2) is 65.1 Å². The Morgan fingerprint density at radius 3 is 2.21 bits per heavy atom. The average Bonchev–Trinajstić information content (AvgIpc) is 3.51. The highest BCUT2D eigenvalue weighted by molar-refractivity contribution is 5.94. The lowest BCUT2D eigenvalue weighted by Gasteiger charge is -2.36. The van der Waals surface area contributed by atoms with Crippen LogP contribution < -0.4 is 16.8 Å². The molecule has 4 atom stereocenters. The fourth-order valence-electron chi connectivity index (χ4n) is 7.61. The maximum absolute atomic E-state index is 13.8. The minimum atomic E-state index is -1.13. The van der Waals surface area contributed by atoms with E-state index in [0.717, 1.165) is 28.7 Å². The summed E-state index contributed by atoms with van der Waals surface area (Å²) in [6.07, 6.45) is 3.00. The van der Waals surface area contributed by atoms with E-state index in [2.05, 4.69) is 21.6 Å². The molecular weight excluding hydrogens is 613 g/mol. The molecule has 48 heavy (non-hydrogen) atoms. The Balaban J connectivity index is 1.34. The lowest BCUT2D eigenvalue weighted by Crippen LogP contribution is -2.46. The Morgan fingerprint density at radius 2 is 1.62 bits per heavy atom. The molecule has 3 aromatic carbocycles. The van der Waals surface area contributed by atoms with Crippen molar-refractivity contribution in [3.63, 3.8) is 0 Å². The molecule has 1 saturated heterocycles. The van der Waals surface area contributed by atoms with Gasteiger partial charge in [-0.15, -0.1) is 10.2 Å². The zero-order valence-corrected chi connectivity index (χ0v) is 26.3. The number of fused-ring (bicyclic) bond motifs is 3. The van der Waals surface area contributed by atoms with Gasteiger partial charge in [0.2, 0.25) is 29.5 Å². The van der Waals surface area contributed by atoms with E-state index in [0.29, 0.717) is 48.3 Å². The summed E-state index contributed by atoms with van der Waals surface area (Å²) >= 11 is 0. The Kier molecular flexibility index (Phi) is 7.80. The molecular formula is C36H34FN7O4. The molecule has 0 unspecified atom stereocenters. The van der Waals surface area contributed by atoms with E-state index in [9.17, 15) is 24.0 Å². The van der Waals surface area contributed by atoms with Crippen molar-refractivity contribution in [2.75, 3.05) is 6.54 Å². The van der Waals surface area contributed by atoms with Gasteiger partial charge in [0.1, 0.15) is 17.3 Å². The lowest BCUT2D eigenvalue weighted by molar-refractivity contribution is -0.131. The summed E-state index contributed by atoms with van der Waals surface area (Å²) in [6.45, 7) is 1.99. The van der Waals surface area contributed by atoms with Crippen molar-refractivity contribution < 1.29 is 23.2 Å². The predicted octanol–water partition coefficient (Wildman–Crippen LogP) is 3.39. The number of carbonyl (C=O) groups is 3. The third-order valence-corrected chi connectivity index (χ3v) is 10.00. The van der Waals surface area contributed by atoms with E-state index in [-0.39, 0.29) is 36.3 Å². The van der Waals surface area contributed by atoms with Crippen molar-refractivity contribution in [3.05, 3.63) is 106 Å². The van der Waals surface area contributed by atoms with Gasteiger partial charge in [-0.2, -0.15) is 5.26 Å². The normalized spacial score (nSPS) is 20.9. The van der Waals surface area contributed by atoms with Gasteiger partial charge in [-0.1, -0.05) is 12.1 Å². The second kappa shape index (κ2) is 12.0. The number of aryl methyl sites for hydroxylation is 2. The third kappa shape index (κ3) is 5.40. The number of nitrogens with zero attached hydrogens (tertiary/aromatic N) is 4. The number of halogens is 1. The minimum Gasteiger partial charge on any atom is -0.419 e. The van der Waals surface area contributed by atoms with Crippen molar-refractivity contribution in [2.45, 2.75) is 62.6 Å². The van der Waals surface area contributed by atoms with Crippen LogP contribution in [-0.4, -0.2) is 57.5 Å². The van der Waals surface area contributed by atoms with Crippen molar-refractivity contribution in [1.82, 2.24) is 20.4 Å². The van der Waals surface area contributed by atoms with Crippen LogP contribution in [0, 0.1) is 23.1 Å². The molecule has 2 heterocycles. The van der Waals surface area contributed by atoms with Gasteiger partial charge in [-0.25, -0.2) is 4.39 Å². The first-order chi connectivity index (χ1) is 23.1. The molecule has 5 N–H and O–H groups in total. The molecule has 2 fully saturated rings. The largest absolute Gasteiger partial charge is 0.419 e. The van der Waals surface area contributed by atoms with Gasteiger partial charge in [0.05, 0.1) is 12.6 Å². The zero-order valence-electron chi connectivity index (χ0n) is 26.3. The summed E-state index contributed by atoms with van der Waals surface area (Å²) in [5.41, 5.74) is 14.7.